The second kappa shape index (κ2) is 8.49. The van der Waals surface area contributed by atoms with Gasteiger partial charge in [0.1, 0.15) is 0 Å². The number of aryl methyl sites for hydroxylation is 2. The van der Waals surface area contributed by atoms with Crippen LogP contribution in [-0.4, -0.2) is 65.4 Å². The topological polar surface area (TPSA) is 87.5 Å². The normalized spacial score (nSPS) is 22.6. The van der Waals surface area contributed by atoms with Gasteiger partial charge in [-0.2, -0.15) is 22.1 Å². The molecule has 0 spiro atoms. The molecule has 2 aliphatic heterocycles. The van der Waals surface area contributed by atoms with Crippen molar-refractivity contribution in [1.29, 1.82) is 0 Å². The number of nitrogens with one attached hydrogen (secondary N) is 1. The Morgan fingerprint density at radius 3 is 2.65 bits per heavy atom. The van der Waals surface area contributed by atoms with Gasteiger partial charge >= 0.3 is 0 Å². The Balaban J connectivity index is 1.43. The van der Waals surface area contributed by atoms with Crippen LogP contribution in [0.3, 0.4) is 0 Å². The molecule has 1 aromatic heterocycles. The molecule has 1 atom stereocenters. The van der Waals surface area contributed by atoms with Crippen LogP contribution in [0.1, 0.15) is 37.8 Å². The van der Waals surface area contributed by atoms with Gasteiger partial charge in [0.05, 0.1) is 5.69 Å². The largest absolute Gasteiger partial charge is 0.356 e. The monoisotopic (exact) mass is 383 g/mol. The van der Waals surface area contributed by atoms with E-state index in [-0.39, 0.29) is 11.8 Å². The van der Waals surface area contributed by atoms with Gasteiger partial charge in [-0.25, -0.2) is 0 Å². The Morgan fingerprint density at radius 2 is 1.96 bits per heavy atom. The summed E-state index contributed by atoms with van der Waals surface area (Å²) in [5, 5.41) is 7.22. The van der Waals surface area contributed by atoms with Crippen LogP contribution in [-0.2, 0) is 21.5 Å². The van der Waals surface area contributed by atoms with Gasteiger partial charge in [0.15, 0.2) is 0 Å². The van der Waals surface area contributed by atoms with Crippen LogP contribution in [0.2, 0.25) is 0 Å². The number of nitrogens with zero attached hydrogens (tertiary/aromatic N) is 4. The summed E-state index contributed by atoms with van der Waals surface area (Å²) in [4.78, 5) is 12.1. The highest BCUT2D eigenvalue weighted by atomic mass is 32.2. The minimum atomic E-state index is -3.33. The molecule has 2 fully saturated rings. The Bertz CT molecular complexity index is 712. The maximum absolute atomic E-state index is 12.7. The minimum Gasteiger partial charge on any atom is -0.356 e. The van der Waals surface area contributed by atoms with Gasteiger partial charge in [-0.3, -0.25) is 9.48 Å². The second-order valence-corrected chi connectivity index (χ2v) is 9.18. The lowest BCUT2D eigenvalue weighted by atomic mass is 10.00. The van der Waals surface area contributed by atoms with E-state index in [1.54, 1.807) is 13.3 Å². The third kappa shape index (κ3) is 4.83. The van der Waals surface area contributed by atoms with Crippen LogP contribution >= 0.6 is 0 Å². The predicted octanol–water partition coefficient (Wildman–Crippen LogP) is 0.750. The molecule has 0 aromatic carbocycles. The van der Waals surface area contributed by atoms with Crippen molar-refractivity contribution in [2.24, 2.45) is 5.92 Å². The van der Waals surface area contributed by atoms with Crippen LogP contribution in [0.4, 0.5) is 0 Å². The zero-order chi connectivity index (χ0) is 18.6. The van der Waals surface area contributed by atoms with Gasteiger partial charge in [0.2, 0.25) is 5.91 Å². The first kappa shape index (κ1) is 19.3. The molecule has 1 unspecified atom stereocenters. The molecule has 9 heteroatoms. The van der Waals surface area contributed by atoms with Crippen molar-refractivity contribution < 1.29 is 13.2 Å². The van der Waals surface area contributed by atoms with Crippen molar-refractivity contribution in [1.82, 2.24) is 23.7 Å². The van der Waals surface area contributed by atoms with Crippen LogP contribution in [0.25, 0.3) is 0 Å². The lowest BCUT2D eigenvalue weighted by molar-refractivity contribution is -0.121. The maximum atomic E-state index is 12.7. The van der Waals surface area contributed by atoms with Gasteiger partial charge in [-0.05, 0) is 44.6 Å². The van der Waals surface area contributed by atoms with Crippen molar-refractivity contribution in [3.8, 4) is 0 Å². The molecular weight excluding hydrogens is 354 g/mol. The summed E-state index contributed by atoms with van der Waals surface area (Å²) in [6.07, 6.45) is 5.93. The van der Waals surface area contributed by atoms with Crippen molar-refractivity contribution >= 4 is 16.1 Å². The first-order valence-corrected chi connectivity index (χ1v) is 10.9. The van der Waals surface area contributed by atoms with Gasteiger partial charge in [-0.1, -0.05) is 0 Å². The van der Waals surface area contributed by atoms with Crippen molar-refractivity contribution in [3.05, 3.63) is 18.0 Å². The highest BCUT2D eigenvalue weighted by Gasteiger charge is 2.34. The molecule has 0 aliphatic carbocycles. The molecular formula is C17H29N5O3S. The number of rotatable bonds is 7. The van der Waals surface area contributed by atoms with Crippen LogP contribution in [0.5, 0.6) is 0 Å². The second-order valence-electron chi connectivity index (χ2n) is 7.25. The summed E-state index contributed by atoms with van der Waals surface area (Å²) in [5.41, 5.74) is 0.937. The number of carbonyl (C=O) groups excluding carboxylic acids is 1. The Hall–Kier alpha value is -1.45. The summed E-state index contributed by atoms with van der Waals surface area (Å²) < 4.78 is 30.3. The summed E-state index contributed by atoms with van der Waals surface area (Å²) in [6, 6.07) is 1.91. The molecule has 1 N–H and O–H groups in total. The van der Waals surface area contributed by atoms with E-state index in [2.05, 4.69) is 10.4 Å². The van der Waals surface area contributed by atoms with Crippen LogP contribution in [0.15, 0.2) is 12.3 Å². The fourth-order valence-corrected chi connectivity index (χ4v) is 5.44. The summed E-state index contributed by atoms with van der Waals surface area (Å²) in [5.74, 6) is 0.162. The first-order valence-electron chi connectivity index (χ1n) is 9.47. The lowest BCUT2D eigenvalue weighted by Crippen LogP contribution is -2.48. The number of piperidine rings is 1. The molecule has 2 aliphatic rings. The summed E-state index contributed by atoms with van der Waals surface area (Å²) in [6.45, 7) is 5.35. The number of carbonyl (C=O) groups is 1. The predicted molar refractivity (Wildman–Crippen MR) is 98.6 cm³/mol. The molecule has 0 radical (unpaired) electrons. The Kier molecular flexibility index (Phi) is 6.31. The lowest BCUT2D eigenvalue weighted by Gasteiger charge is -2.34. The van der Waals surface area contributed by atoms with Crippen molar-refractivity contribution in [2.75, 3.05) is 32.7 Å². The Morgan fingerprint density at radius 1 is 1.23 bits per heavy atom. The van der Waals surface area contributed by atoms with Crippen molar-refractivity contribution in [3.63, 3.8) is 0 Å². The zero-order valence-electron chi connectivity index (χ0n) is 15.4. The highest BCUT2D eigenvalue weighted by Crippen LogP contribution is 2.23. The van der Waals surface area contributed by atoms with Gasteiger partial charge in [0.25, 0.3) is 10.2 Å². The third-order valence-corrected chi connectivity index (χ3v) is 7.13. The first-order chi connectivity index (χ1) is 12.4. The van der Waals surface area contributed by atoms with E-state index in [4.69, 9.17) is 0 Å². The van der Waals surface area contributed by atoms with E-state index in [0.717, 1.165) is 31.4 Å². The van der Waals surface area contributed by atoms with E-state index in [1.807, 2.05) is 19.2 Å². The quantitative estimate of drug-likeness (QED) is 0.753. The average molecular weight is 384 g/mol. The van der Waals surface area contributed by atoms with Crippen LogP contribution < -0.4 is 5.32 Å². The maximum Gasteiger partial charge on any atom is 0.281 e. The molecule has 3 heterocycles. The van der Waals surface area contributed by atoms with Crippen LogP contribution in [0, 0.1) is 12.8 Å². The molecule has 26 heavy (non-hydrogen) atoms. The summed E-state index contributed by atoms with van der Waals surface area (Å²) in [7, 11) is -3.33. The SMILES string of the molecule is Cc1ccn(CCC(=O)NCC2CCCN(S(=O)(=O)N3CCCC3)C2)n1. The average Bonchev–Trinajstić information content (AvgIpc) is 3.30. The zero-order valence-corrected chi connectivity index (χ0v) is 16.2. The van der Waals surface area contributed by atoms with E-state index < -0.39 is 10.2 Å². The fraction of sp³-hybridized carbons (Fsp3) is 0.765. The fourth-order valence-electron chi connectivity index (χ4n) is 3.64. The minimum absolute atomic E-state index is 0.0160. The van der Waals surface area contributed by atoms with Gasteiger partial charge in [-0.15, -0.1) is 0 Å². The molecule has 2 saturated heterocycles. The highest BCUT2D eigenvalue weighted by molar-refractivity contribution is 7.86. The number of hydrogen-bond donors (Lipinski definition) is 1. The molecule has 0 saturated carbocycles. The number of aromatic nitrogens is 2. The molecule has 8 nitrogen and oxygen atoms in total. The standard InChI is InChI=1S/C17H29N5O3S/c1-15-6-11-20(19-15)12-7-17(23)18-13-16-5-4-10-22(14-16)26(24,25)21-8-2-3-9-21/h6,11,16H,2-5,7-10,12-14H2,1H3,(H,18,23). The van der Waals surface area contributed by atoms with Gasteiger partial charge < -0.3 is 5.32 Å². The summed E-state index contributed by atoms with van der Waals surface area (Å²) >= 11 is 0. The van der Waals surface area contributed by atoms with E-state index in [0.29, 0.717) is 45.7 Å². The van der Waals surface area contributed by atoms with Gasteiger partial charge in [0, 0.05) is 51.9 Å². The molecule has 1 aromatic rings. The Labute approximate surface area is 155 Å². The van der Waals surface area contributed by atoms with E-state index >= 15 is 0 Å². The van der Waals surface area contributed by atoms with E-state index in [1.165, 1.54) is 0 Å². The number of hydrogen-bond acceptors (Lipinski definition) is 4. The smallest absolute Gasteiger partial charge is 0.281 e. The van der Waals surface area contributed by atoms with Crippen molar-refractivity contribution in [2.45, 2.75) is 45.6 Å². The third-order valence-electron chi connectivity index (χ3n) is 5.13. The molecule has 146 valence electrons. The molecule has 3 rings (SSSR count). The number of amides is 1. The molecule has 0 bridgehead atoms. The molecule has 1 amide bonds. The van der Waals surface area contributed by atoms with E-state index in [9.17, 15) is 13.2 Å².